The van der Waals surface area contributed by atoms with Gasteiger partial charge >= 0.3 is 0 Å². The number of nitrogens with zero attached hydrogens (tertiary/aromatic N) is 3. The van der Waals surface area contributed by atoms with Gasteiger partial charge in [-0.05, 0) is 28.5 Å². The van der Waals surface area contributed by atoms with E-state index in [0.717, 1.165) is 38.3 Å². The molecule has 0 saturated carbocycles. The molecule has 2 aromatic carbocycles. The Labute approximate surface area is 148 Å². The second-order valence-corrected chi connectivity index (χ2v) is 6.54. The molecule has 3 aromatic rings. The molecule has 1 aromatic heterocycles. The predicted octanol–water partition coefficient (Wildman–Crippen LogP) is 1.97. The summed E-state index contributed by atoms with van der Waals surface area (Å²) in [5.74, 6) is 0. The average molecular weight is 331 g/mol. The Bertz CT molecular complexity index is 847. The van der Waals surface area contributed by atoms with Crippen molar-refractivity contribution in [1.82, 2.24) is 9.99 Å². The number of aromatic nitrogens is 1. The van der Waals surface area contributed by atoms with Crippen LogP contribution >= 0.6 is 0 Å². The van der Waals surface area contributed by atoms with Gasteiger partial charge in [0.2, 0.25) is 0 Å². The lowest BCUT2D eigenvalue weighted by Gasteiger charge is -2.30. The molecular weight excluding hydrogens is 308 g/mol. The summed E-state index contributed by atoms with van der Waals surface area (Å²) in [4.78, 5) is 5.66. The third-order valence-electron chi connectivity index (χ3n) is 4.84. The molecule has 4 rings (SSSR count). The van der Waals surface area contributed by atoms with E-state index in [0.29, 0.717) is 0 Å². The van der Waals surface area contributed by atoms with Crippen LogP contribution in [0.1, 0.15) is 11.1 Å². The third-order valence-corrected chi connectivity index (χ3v) is 4.84. The Hall–Kier alpha value is -2.72. The Kier molecular flexibility index (Phi) is 4.70. The zero-order valence-electron chi connectivity index (χ0n) is 14.3. The van der Waals surface area contributed by atoms with Gasteiger partial charge in [0.25, 0.3) is 0 Å². The van der Waals surface area contributed by atoms with Crippen LogP contribution in [0.2, 0.25) is 0 Å². The van der Waals surface area contributed by atoms with Gasteiger partial charge in [-0.1, -0.05) is 42.5 Å². The SMILES string of the molecule is C(=N/N1CC[NH+](Cc2cccc3ccccc23)CC1)/c1ccncc1. The number of pyridine rings is 1. The Morgan fingerprint density at radius 3 is 2.56 bits per heavy atom. The highest BCUT2D eigenvalue weighted by atomic mass is 15.5. The number of benzene rings is 2. The maximum absolute atomic E-state index is 4.61. The molecule has 0 atom stereocenters. The highest BCUT2D eigenvalue weighted by molar-refractivity contribution is 5.85. The quantitative estimate of drug-likeness (QED) is 0.742. The molecule has 25 heavy (non-hydrogen) atoms. The first-order chi connectivity index (χ1) is 12.4. The zero-order chi connectivity index (χ0) is 16.9. The van der Waals surface area contributed by atoms with E-state index in [1.165, 1.54) is 16.3 Å². The number of hydrogen-bond donors (Lipinski definition) is 1. The first kappa shape index (κ1) is 15.8. The first-order valence-corrected chi connectivity index (χ1v) is 8.88. The minimum atomic E-state index is 1.00. The van der Waals surface area contributed by atoms with Crippen molar-refractivity contribution in [1.29, 1.82) is 0 Å². The fourth-order valence-electron chi connectivity index (χ4n) is 3.42. The van der Waals surface area contributed by atoms with Crippen molar-refractivity contribution < 1.29 is 4.90 Å². The van der Waals surface area contributed by atoms with E-state index in [1.807, 2.05) is 18.3 Å². The summed E-state index contributed by atoms with van der Waals surface area (Å²) in [6.07, 6.45) is 5.53. The summed E-state index contributed by atoms with van der Waals surface area (Å²) in [7, 11) is 0. The van der Waals surface area contributed by atoms with Crippen molar-refractivity contribution in [3.05, 3.63) is 78.1 Å². The van der Waals surface area contributed by atoms with E-state index < -0.39 is 0 Å². The van der Waals surface area contributed by atoms with Crippen LogP contribution < -0.4 is 4.90 Å². The molecule has 1 fully saturated rings. The topological polar surface area (TPSA) is 32.9 Å². The van der Waals surface area contributed by atoms with E-state index in [2.05, 4.69) is 57.6 Å². The summed E-state index contributed by atoms with van der Waals surface area (Å²) in [5, 5.41) is 9.50. The van der Waals surface area contributed by atoms with Gasteiger partial charge in [0.05, 0.1) is 32.4 Å². The molecule has 1 N–H and O–H groups in total. The summed E-state index contributed by atoms with van der Waals surface area (Å²) in [5.41, 5.74) is 2.54. The smallest absolute Gasteiger partial charge is 0.104 e. The molecule has 0 aliphatic carbocycles. The summed E-state index contributed by atoms with van der Waals surface area (Å²) in [6, 6.07) is 19.3. The molecule has 0 spiro atoms. The molecule has 0 bridgehead atoms. The average Bonchev–Trinajstić information content (AvgIpc) is 2.69. The highest BCUT2D eigenvalue weighted by Crippen LogP contribution is 2.17. The predicted molar refractivity (Wildman–Crippen MR) is 102 cm³/mol. The van der Waals surface area contributed by atoms with Gasteiger partial charge in [0.15, 0.2) is 0 Å². The van der Waals surface area contributed by atoms with E-state index in [1.54, 1.807) is 17.3 Å². The van der Waals surface area contributed by atoms with Gasteiger partial charge < -0.3 is 4.90 Å². The molecular formula is C21H23N4+. The molecule has 126 valence electrons. The Morgan fingerprint density at radius 2 is 1.72 bits per heavy atom. The van der Waals surface area contributed by atoms with E-state index >= 15 is 0 Å². The van der Waals surface area contributed by atoms with Gasteiger partial charge in [-0.15, -0.1) is 0 Å². The van der Waals surface area contributed by atoms with Crippen LogP contribution in [0.3, 0.4) is 0 Å². The first-order valence-electron chi connectivity index (χ1n) is 8.88. The Balaban J connectivity index is 1.36. The lowest BCUT2D eigenvalue weighted by molar-refractivity contribution is -0.918. The maximum atomic E-state index is 4.61. The highest BCUT2D eigenvalue weighted by Gasteiger charge is 2.19. The number of hydrazone groups is 1. The lowest BCUT2D eigenvalue weighted by Crippen LogP contribution is -3.13. The van der Waals surface area contributed by atoms with E-state index in [4.69, 9.17) is 0 Å². The van der Waals surface area contributed by atoms with Crippen LogP contribution in [0.5, 0.6) is 0 Å². The molecule has 1 saturated heterocycles. The number of hydrogen-bond acceptors (Lipinski definition) is 3. The van der Waals surface area contributed by atoms with Crippen molar-refractivity contribution in [2.45, 2.75) is 6.54 Å². The lowest BCUT2D eigenvalue weighted by atomic mass is 10.0. The fraction of sp³-hybridized carbons (Fsp3) is 0.238. The standard InChI is InChI=1S/C21H22N4/c1-2-7-21-19(4-1)5-3-6-20(21)17-24-12-14-25(15-13-24)23-16-18-8-10-22-11-9-18/h1-11,16H,12-15,17H2/p+1/b23-16-. The van der Waals surface area contributed by atoms with Gasteiger partial charge in [-0.25, -0.2) is 0 Å². The minimum absolute atomic E-state index is 1.00. The number of nitrogens with one attached hydrogen (secondary N) is 1. The van der Waals surface area contributed by atoms with Crippen molar-refractivity contribution >= 4 is 17.0 Å². The second-order valence-electron chi connectivity index (χ2n) is 6.54. The number of quaternary nitrogens is 1. The van der Waals surface area contributed by atoms with Crippen LogP contribution in [0, 0.1) is 0 Å². The van der Waals surface area contributed by atoms with Gasteiger partial charge in [0.1, 0.15) is 6.54 Å². The number of fused-ring (bicyclic) bond motifs is 1. The van der Waals surface area contributed by atoms with Gasteiger partial charge in [0, 0.05) is 18.0 Å². The summed E-state index contributed by atoms with van der Waals surface area (Å²) >= 11 is 0. The monoisotopic (exact) mass is 331 g/mol. The fourth-order valence-corrected chi connectivity index (χ4v) is 3.42. The van der Waals surface area contributed by atoms with Crippen LogP contribution in [-0.2, 0) is 6.54 Å². The maximum Gasteiger partial charge on any atom is 0.104 e. The normalized spacial score (nSPS) is 15.9. The van der Waals surface area contributed by atoms with Crippen molar-refractivity contribution in [3.63, 3.8) is 0 Å². The second kappa shape index (κ2) is 7.45. The molecule has 0 unspecified atom stereocenters. The minimum Gasteiger partial charge on any atom is -0.328 e. The molecule has 4 heteroatoms. The van der Waals surface area contributed by atoms with Crippen molar-refractivity contribution in [3.8, 4) is 0 Å². The van der Waals surface area contributed by atoms with Crippen LogP contribution in [-0.4, -0.2) is 42.4 Å². The number of piperazine rings is 1. The largest absolute Gasteiger partial charge is 0.328 e. The third kappa shape index (κ3) is 3.86. The van der Waals surface area contributed by atoms with Crippen LogP contribution in [0.15, 0.2) is 72.1 Å². The molecule has 0 amide bonds. The molecule has 1 aliphatic heterocycles. The van der Waals surface area contributed by atoms with E-state index in [-0.39, 0.29) is 0 Å². The number of rotatable bonds is 4. The van der Waals surface area contributed by atoms with Gasteiger partial charge in [-0.2, -0.15) is 5.10 Å². The molecule has 4 nitrogen and oxygen atoms in total. The van der Waals surface area contributed by atoms with E-state index in [9.17, 15) is 0 Å². The summed E-state index contributed by atoms with van der Waals surface area (Å²) < 4.78 is 0. The van der Waals surface area contributed by atoms with Crippen LogP contribution in [0.25, 0.3) is 10.8 Å². The van der Waals surface area contributed by atoms with Crippen LogP contribution in [0.4, 0.5) is 0 Å². The zero-order valence-corrected chi connectivity index (χ0v) is 14.3. The summed E-state index contributed by atoms with van der Waals surface area (Å²) in [6.45, 7) is 5.33. The van der Waals surface area contributed by atoms with Crippen molar-refractivity contribution in [2.24, 2.45) is 5.10 Å². The molecule has 1 aliphatic rings. The molecule has 2 heterocycles. The van der Waals surface area contributed by atoms with Gasteiger partial charge in [-0.3, -0.25) is 9.99 Å². The van der Waals surface area contributed by atoms with Crippen molar-refractivity contribution in [2.75, 3.05) is 26.2 Å². The molecule has 0 radical (unpaired) electrons. The Morgan fingerprint density at radius 1 is 0.960 bits per heavy atom.